The number of benzene rings is 2. The number of aliphatic hydroxyl groups excluding tert-OH is 1. The van der Waals surface area contributed by atoms with Crippen LogP contribution in [0.1, 0.15) is 29.5 Å². The van der Waals surface area contributed by atoms with Gasteiger partial charge in [0.05, 0.1) is 0 Å². The predicted molar refractivity (Wildman–Crippen MR) is 121 cm³/mol. The lowest BCUT2D eigenvalue weighted by atomic mass is 10.00. The van der Waals surface area contributed by atoms with Crippen LogP contribution in [0.25, 0.3) is 0 Å². The Morgan fingerprint density at radius 3 is 2.67 bits per heavy atom. The van der Waals surface area contributed by atoms with Gasteiger partial charge in [0.25, 0.3) is 0 Å². The molecule has 30 heavy (non-hydrogen) atoms. The molecule has 2 aromatic carbocycles. The van der Waals surface area contributed by atoms with Crippen LogP contribution in [0.3, 0.4) is 0 Å². The molecule has 5 heteroatoms. The van der Waals surface area contributed by atoms with Gasteiger partial charge in [-0.1, -0.05) is 36.4 Å². The first-order valence-corrected chi connectivity index (χ1v) is 11.4. The zero-order valence-electron chi connectivity index (χ0n) is 17.9. The fourth-order valence-corrected chi connectivity index (χ4v) is 4.47. The monoisotopic (exact) mass is 409 g/mol. The third-order valence-electron chi connectivity index (χ3n) is 6.15. The highest BCUT2D eigenvalue weighted by Crippen LogP contribution is 2.19. The van der Waals surface area contributed by atoms with E-state index in [-0.39, 0.29) is 0 Å². The van der Waals surface area contributed by atoms with Gasteiger partial charge in [0.15, 0.2) is 0 Å². The third-order valence-corrected chi connectivity index (χ3v) is 6.15. The van der Waals surface area contributed by atoms with Crippen molar-refractivity contribution in [2.75, 3.05) is 45.9 Å². The predicted octanol–water partition coefficient (Wildman–Crippen LogP) is 2.67. The van der Waals surface area contributed by atoms with E-state index in [4.69, 9.17) is 4.74 Å². The molecule has 0 saturated carbocycles. The largest absolute Gasteiger partial charge is 0.491 e. The van der Waals surface area contributed by atoms with Gasteiger partial charge in [-0.2, -0.15) is 0 Å². The minimum Gasteiger partial charge on any atom is -0.491 e. The molecule has 2 N–H and O–H groups in total. The second-order valence-electron chi connectivity index (χ2n) is 8.59. The van der Waals surface area contributed by atoms with Crippen LogP contribution in [0, 0.1) is 0 Å². The van der Waals surface area contributed by atoms with Crippen LogP contribution in [-0.4, -0.2) is 66.9 Å². The van der Waals surface area contributed by atoms with E-state index < -0.39 is 6.10 Å². The second kappa shape index (κ2) is 10.9. The van der Waals surface area contributed by atoms with E-state index in [0.717, 1.165) is 44.9 Å². The number of hydrogen-bond donors (Lipinski definition) is 2. The van der Waals surface area contributed by atoms with Crippen molar-refractivity contribution in [3.63, 3.8) is 0 Å². The second-order valence-corrected chi connectivity index (χ2v) is 8.59. The number of nitrogens with one attached hydrogen (secondary N) is 1. The molecule has 162 valence electrons. The summed E-state index contributed by atoms with van der Waals surface area (Å²) in [5.41, 5.74) is 4.03. The Morgan fingerprint density at radius 2 is 1.80 bits per heavy atom. The average Bonchev–Trinajstić information content (AvgIpc) is 3.29. The number of fused-ring (bicyclic) bond motifs is 1. The first-order chi connectivity index (χ1) is 14.8. The molecule has 1 saturated heterocycles. The van der Waals surface area contributed by atoms with Crippen molar-refractivity contribution >= 4 is 0 Å². The summed E-state index contributed by atoms with van der Waals surface area (Å²) >= 11 is 0. The van der Waals surface area contributed by atoms with Gasteiger partial charge >= 0.3 is 0 Å². The van der Waals surface area contributed by atoms with Crippen LogP contribution in [0.2, 0.25) is 0 Å². The molecule has 0 aliphatic carbocycles. The first-order valence-electron chi connectivity index (χ1n) is 11.4. The molecule has 2 aliphatic heterocycles. The summed E-state index contributed by atoms with van der Waals surface area (Å²) in [4.78, 5) is 4.84. The van der Waals surface area contributed by atoms with Crippen LogP contribution in [0.15, 0.2) is 48.5 Å². The summed E-state index contributed by atoms with van der Waals surface area (Å²) in [5, 5.41) is 14.0. The Bertz CT molecular complexity index is 791. The molecule has 0 amide bonds. The molecule has 4 rings (SSSR count). The molecule has 5 nitrogen and oxygen atoms in total. The zero-order chi connectivity index (χ0) is 20.6. The Kier molecular flexibility index (Phi) is 7.76. The van der Waals surface area contributed by atoms with E-state index >= 15 is 0 Å². The highest BCUT2D eigenvalue weighted by molar-refractivity contribution is 5.29. The molecule has 1 atom stereocenters. The molecule has 0 spiro atoms. The lowest BCUT2D eigenvalue weighted by Crippen LogP contribution is -2.38. The SMILES string of the molecule is O[C@@H](COc1cccc(CNCCN2CCCC2)c1)CN1CCc2ccccc2C1. The van der Waals surface area contributed by atoms with Gasteiger partial charge in [-0.15, -0.1) is 0 Å². The van der Waals surface area contributed by atoms with Crippen molar-refractivity contribution in [1.82, 2.24) is 15.1 Å². The van der Waals surface area contributed by atoms with Gasteiger partial charge in [-0.05, 0) is 61.2 Å². The van der Waals surface area contributed by atoms with Gasteiger partial charge in [0.1, 0.15) is 18.5 Å². The quantitative estimate of drug-likeness (QED) is 0.591. The summed E-state index contributed by atoms with van der Waals surface area (Å²) in [5.74, 6) is 0.830. The van der Waals surface area contributed by atoms with Crippen molar-refractivity contribution in [1.29, 1.82) is 0 Å². The zero-order valence-corrected chi connectivity index (χ0v) is 17.9. The summed E-state index contributed by atoms with van der Waals surface area (Å²) in [6.45, 7) is 8.36. The van der Waals surface area contributed by atoms with Crippen LogP contribution in [-0.2, 0) is 19.5 Å². The topological polar surface area (TPSA) is 48.0 Å². The van der Waals surface area contributed by atoms with Gasteiger partial charge in [0, 0.05) is 39.3 Å². The third kappa shape index (κ3) is 6.29. The van der Waals surface area contributed by atoms with E-state index in [1.165, 1.54) is 42.6 Å². The van der Waals surface area contributed by atoms with Crippen LogP contribution in [0.4, 0.5) is 0 Å². The fraction of sp³-hybridized carbons (Fsp3) is 0.520. The minimum absolute atomic E-state index is 0.323. The van der Waals surface area contributed by atoms with Gasteiger partial charge in [0.2, 0.25) is 0 Å². The smallest absolute Gasteiger partial charge is 0.119 e. The van der Waals surface area contributed by atoms with E-state index in [0.29, 0.717) is 13.2 Å². The highest BCUT2D eigenvalue weighted by Gasteiger charge is 2.18. The standard InChI is InChI=1S/C25H35N3O2/c29-24(19-28-14-10-22-7-1-2-8-23(22)18-28)20-30-25-9-5-6-21(16-25)17-26-11-15-27-12-3-4-13-27/h1-2,5-9,16,24,26,29H,3-4,10-15,17-20H2/t24-/m1/s1. The van der Waals surface area contributed by atoms with Crippen molar-refractivity contribution < 1.29 is 9.84 Å². The molecule has 0 radical (unpaired) electrons. The van der Waals surface area contributed by atoms with Gasteiger partial charge < -0.3 is 20.1 Å². The summed E-state index contributed by atoms with van der Waals surface area (Å²) in [6.07, 6.45) is 3.25. The van der Waals surface area contributed by atoms with E-state index in [1.807, 2.05) is 12.1 Å². The Hall–Kier alpha value is -1.92. The maximum atomic E-state index is 10.5. The van der Waals surface area contributed by atoms with E-state index in [1.54, 1.807) is 0 Å². The molecule has 0 aromatic heterocycles. The minimum atomic E-state index is -0.488. The summed E-state index contributed by atoms with van der Waals surface area (Å²) < 4.78 is 5.89. The highest BCUT2D eigenvalue weighted by atomic mass is 16.5. The number of ether oxygens (including phenoxy) is 1. The van der Waals surface area contributed by atoms with Crippen LogP contribution in [0.5, 0.6) is 5.75 Å². The number of likely N-dealkylation sites (tertiary alicyclic amines) is 1. The molecule has 2 aromatic rings. The lowest BCUT2D eigenvalue weighted by molar-refractivity contribution is 0.0637. The normalized spacial score (nSPS) is 18.3. The number of aliphatic hydroxyl groups is 1. The Morgan fingerprint density at radius 1 is 0.967 bits per heavy atom. The van der Waals surface area contributed by atoms with Crippen molar-refractivity contribution in [3.8, 4) is 5.75 Å². The maximum absolute atomic E-state index is 10.5. The van der Waals surface area contributed by atoms with Gasteiger partial charge in [-0.25, -0.2) is 0 Å². The van der Waals surface area contributed by atoms with Crippen molar-refractivity contribution in [2.45, 2.75) is 38.5 Å². The van der Waals surface area contributed by atoms with E-state index in [9.17, 15) is 5.11 Å². The Balaban J connectivity index is 1.17. The lowest BCUT2D eigenvalue weighted by Gasteiger charge is -2.30. The molecular weight excluding hydrogens is 374 g/mol. The first kappa shape index (κ1) is 21.3. The molecule has 1 fully saturated rings. The number of β-amino-alcohol motifs (C(OH)–C–C–N with tert-alkyl or cyclic N) is 1. The van der Waals surface area contributed by atoms with Gasteiger partial charge in [-0.3, -0.25) is 4.90 Å². The number of rotatable bonds is 10. The summed E-state index contributed by atoms with van der Waals surface area (Å²) in [6, 6.07) is 16.8. The van der Waals surface area contributed by atoms with Crippen molar-refractivity contribution in [2.24, 2.45) is 0 Å². The summed E-state index contributed by atoms with van der Waals surface area (Å²) in [7, 11) is 0. The number of hydrogen-bond acceptors (Lipinski definition) is 5. The molecule has 2 heterocycles. The molecule has 0 unspecified atom stereocenters. The van der Waals surface area contributed by atoms with Crippen LogP contribution >= 0.6 is 0 Å². The van der Waals surface area contributed by atoms with Crippen LogP contribution < -0.4 is 10.1 Å². The number of nitrogens with zero attached hydrogens (tertiary/aromatic N) is 2. The average molecular weight is 410 g/mol. The molecule has 0 bridgehead atoms. The Labute approximate surface area is 180 Å². The fourth-order valence-electron chi connectivity index (χ4n) is 4.47. The molecular formula is C25H35N3O2. The molecule has 2 aliphatic rings. The van der Waals surface area contributed by atoms with Crippen molar-refractivity contribution in [3.05, 3.63) is 65.2 Å². The maximum Gasteiger partial charge on any atom is 0.119 e. The van der Waals surface area contributed by atoms with E-state index in [2.05, 4.69) is 51.5 Å².